The molecule has 0 aromatic rings. The van der Waals surface area contributed by atoms with Crippen LogP contribution in [0.5, 0.6) is 0 Å². The summed E-state index contributed by atoms with van der Waals surface area (Å²) in [4.78, 5) is 0. The van der Waals surface area contributed by atoms with Gasteiger partial charge in [-0.15, -0.1) is 0 Å². The van der Waals surface area contributed by atoms with Crippen LogP contribution in [0.4, 0.5) is 0 Å². The standard InChI is InChI=1S/C19H36O2/c1-15(2)12-19(20,13-16(3)4)17-8-11-21-18(14-17)9-6-5-7-10-18/h15-17,20H,5-14H2,1-4H3. The molecule has 2 heteroatoms. The summed E-state index contributed by atoms with van der Waals surface area (Å²) in [6.45, 7) is 9.80. The van der Waals surface area contributed by atoms with E-state index in [1.165, 1.54) is 32.1 Å². The summed E-state index contributed by atoms with van der Waals surface area (Å²) >= 11 is 0. The van der Waals surface area contributed by atoms with E-state index in [-0.39, 0.29) is 5.60 Å². The zero-order chi connectivity index (χ0) is 15.5. The molecule has 2 nitrogen and oxygen atoms in total. The summed E-state index contributed by atoms with van der Waals surface area (Å²) in [6, 6.07) is 0. The minimum atomic E-state index is -0.490. The summed E-state index contributed by atoms with van der Waals surface area (Å²) in [5.41, 5.74) is -0.389. The average Bonchev–Trinajstić information content (AvgIpc) is 2.37. The van der Waals surface area contributed by atoms with Gasteiger partial charge in [0.15, 0.2) is 0 Å². The second kappa shape index (κ2) is 7.00. The van der Waals surface area contributed by atoms with Crippen LogP contribution < -0.4 is 0 Å². The van der Waals surface area contributed by atoms with Crippen LogP contribution in [0.1, 0.15) is 85.5 Å². The largest absolute Gasteiger partial charge is 0.390 e. The molecule has 2 fully saturated rings. The minimum absolute atomic E-state index is 0.100. The molecule has 2 rings (SSSR count). The van der Waals surface area contributed by atoms with Gasteiger partial charge in [0.1, 0.15) is 0 Å². The lowest BCUT2D eigenvalue weighted by Crippen LogP contribution is -2.50. The topological polar surface area (TPSA) is 29.5 Å². The van der Waals surface area contributed by atoms with Crippen LogP contribution >= 0.6 is 0 Å². The van der Waals surface area contributed by atoms with Crippen molar-refractivity contribution in [1.82, 2.24) is 0 Å². The van der Waals surface area contributed by atoms with Gasteiger partial charge < -0.3 is 9.84 Å². The van der Waals surface area contributed by atoms with Crippen LogP contribution in [0, 0.1) is 17.8 Å². The smallest absolute Gasteiger partial charge is 0.0686 e. The Hall–Kier alpha value is -0.0800. The van der Waals surface area contributed by atoms with E-state index in [0.29, 0.717) is 17.8 Å². The maximum atomic E-state index is 11.4. The van der Waals surface area contributed by atoms with Crippen LogP contribution in [0.3, 0.4) is 0 Å². The molecule has 0 radical (unpaired) electrons. The van der Waals surface area contributed by atoms with Crippen molar-refractivity contribution >= 4 is 0 Å². The molecule has 2 aliphatic rings. The number of hydrogen-bond donors (Lipinski definition) is 1. The molecule has 1 aliphatic carbocycles. The zero-order valence-corrected chi connectivity index (χ0v) is 14.7. The second-order valence-electron chi connectivity index (χ2n) is 8.58. The Labute approximate surface area is 131 Å². The van der Waals surface area contributed by atoms with Crippen LogP contribution in [-0.4, -0.2) is 22.9 Å². The van der Waals surface area contributed by atoms with E-state index in [1.54, 1.807) is 0 Å². The summed E-state index contributed by atoms with van der Waals surface area (Å²) in [7, 11) is 0. The fraction of sp³-hybridized carbons (Fsp3) is 1.00. The van der Waals surface area contributed by atoms with Crippen LogP contribution in [0.2, 0.25) is 0 Å². The Kier molecular flexibility index (Phi) is 5.76. The van der Waals surface area contributed by atoms with E-state index in [2.05, 4.69) is 27.7 Å². The lowest BCUT2D eigenvalue weighted by molar-refractivity contribution is -0.164. The third-order valence-corrected chi connectivity index (χ3v) is 5.54. The predicted octanol–water partition coefficient (Wildman–Crippen LogP) is 4.94. The van der Waals surface area contributed by atoms with Gasteiger partial charge in [-0.1, -0.05) is 47.0 Å². The van der Waals surface area contributed by atoms with E-state index < -0.39 is 5.60 Å². The van der Waals surface area contributed by atoms with Crippen LogP contribution in [0.25, 0.3) is 0 Å². The van der Waals surface area contributed by atoms with E-state index in [4.69, 9.17) is 4.74 Å². The highest BCUT2D eigenvalue weighted by molar-refractivity contribution is 4.97. The molecule has 124 valence electrons. The number of aliphatic hydroxyl groups is 1. The Bertz CT molecular complexity index is 300. The Balaban J connectivity index is 2.11. The van der Waals surface area contributed by atoms with Gasteiger partial charge in [0.25, 0.3) is 0 Å². The molecule has 0 bridgehead atoms. The van der Waals surface area contributed by atoms with Gasteiger partial charge in [-0.25, -0.2) is 0 Å². The van der Waals surface area contributed by atoms with Crippen molar-refractivity contribution in [3.05, 3.63) is 0 Å². The van der Waals surface area contributed by atoms with Gasteiger partial charge >= 0.3 is 0 Å². The second-order valence-corrected chi connectivity index (χ2v) is 8.58. The lowest BCUT2D eigenvalue weighted by atomic mass is 9.67. The van der Waals surface area contributed by atoms with Crippen molar-refractivity contribution in [2.24, 2.45) is 17.8 Å². The Morgan fingerprint density at radius 3 is 2.14 bits per heavy atom. The number of rotatable bonds is 5. The Morgan fingerprint density at radius 1 is 1.05 bits per heavy atom. The molecule has 1 spiro atoms. The highest BCUT2D eigenvalue weighted by atomic mass is 16.5. The van der Waals surface area contributed by atoms with E-state index in [1.807, 2.05) is 0 Å². The quantitative estimate of drug-likeness (QED) is 0.778. The molecule has 1 atom stereocenters. The summed E-state index contributed by atoms with van der Waals surface area (Å²) in [5, 5.41) is 11.4. The molecule has 1 N–H and O–H groups in total. The van der Waals surface area contributed by atoms with Gasteiger partial charge in [-0.3, -0.25) is 0 Å². The number of hydrogen-bond acceptors (Lipinski definition) is 2. The molecular weight excluding hydrogens is 260 g/mol. The SMILES string of the molecule is CC(C)CC(O)(CC(C)C)C1CCOC2(CCCCC2)C1. The summed E-state index contributed by atoms with van der Waals surface area (Å²) in [5.74, 6) is 1.53. The molecule has 21 heavy (non-hydrogen) atoms. The summed E-state index contributed by atoms with van der Waals surface area (Å²) in [6.07, 6.45) is 10.4. The van der Waals surface area contributed by atoms with Crippen LogP contribution in [-0.2, 0) is 4.74 Å². The third kappa shape index (κ3) is 4.45. The highest BCUT2D eigenvalue weighted by Gasteiger charge is 2.46. The number of ether oxygens (including phenoxy) is 1. The first-order chi connectivity index (χ1) is 9.85. The molecular formula is C19H36O2. The van der Waals surface area contributed by atoms with Crippen molar-refractivity contribution in [3.8, 4) is 0 Å². The summed E-state index contributed by atoms with van der Waals surface area (Å²) < 4.78 is 6.23. The lowest BCUT2D eigenvalue weighted by Gasteiger charge is -2.49. The first-order valence-corrected chi connectivity index (χ1v) is 9.22. The zero-order valence-electron chi connectivity index (χ0n) is 14.7. The van der Waals surface area contributed by atoms with Crippen molar-refractivity contribution in [2.75, 3.05) is 6.61 Å². The Morgan fingerprint density at radius 2 is 1.62 bits per heavy atom. The monoisotopic (exact) mass is 296 g/mol. The predicted molar refractivity (Wildman–Crippen MR) is 88.4 cm³/mol. The van der Waals surface area contributed by atoms with Gasteiger partial charge in [0.2, 0.25) is 0 Å². The maximum Gasteiger partial charge on any atom is 0.0686 e. The van der Waals surface area contributed by atoms with Gasteiger partial charge in [0, 0.05) is 6.61 Å². The fourth-order valence-corrected chi connectivity index (χ4v) is 4.86. The van der Waals surface area contributed by atoms with Crippen molar-refractivity contribution < 1.29 is 9.84 Å². The first kappa shape index (κ1) is 17.3. The van der Waals surface area contributed by atoms with E-state index >= 15 is 0 Å². The molecule has 1 unspecified atom stereocenters. The minimum Gasteiger partial charge on any atom is -0.390 e. The molecule has 1 aliphatic heterocycles. The van der Waals surface area contributed by atoms with E-state index in [0.717, 1.165) is 32.3 Å². The fourth-order valence-electron chi connectivity index (χ4n) is 4.86. The molecule has 0 amide bonds. The van der Waals surface area contributed by atoms with Gasteiger partial charge in [0.05, 0.1) is 11.2 Å². The highest BCUT2D eigenvalue weighted by Crippen LogP contribution is 2.46. The normalized spacial score (nSPS) is 26.7. The molecule has 0 aromatic carbocycles. The average molecular weight is 296 g/mol. The van der Waals surface area contributed by atoms with Gasteiger partial charge in [-0.2, -0.15) is 0 Å². The molecule has 1 saturated heterocycles. The van der Waals surface area contributed by atoms with Gasteiger partial charge in [-0.05, 0) is 56.3 Å². The van der Waals surface area contributed by atoms with Crippen LogP contribution in [0.15, 0.2) is 0 Å². The third-order valence-electron chi connectivity index (χ3n) is 5.54. The molecule has 1 saturated carbocycles. The first-order valence-electron chi connectivity index (χ1n) is 9.22. The molecule has 1 heterocycles. The van der Waals surface area contributed by atoms with Crippen molar-refractivity contribution in [3.63, 3.8) is 0 Å². The van der Waals surface area contributed by atoms with Crippen molar-refractivity contribution in [2.45, 2.75) is 96.7 Å². The van der Waals surface area contributed by atoms with Crippen molar-refractivity contribution in [1.29, 1.82) is 0 Å². The molecule has 0 aromatic heterocycles. The van der Waals surface area contributed by atoms with E-state index in [9.17, 15) is 5.11 Å². The maximum absolute atomic E-state index is 11.4.